The van der Waals surface area contributed by atoms with Gasteiger partial charge in [-0.3, -0.25) is 4.79 Å². The van der Waals surface area contributed by atoms with Gasteiger partial charge in [0.2, 0.25) is 5.91 Å². The van der Waals surface area contributed by atoms with Crippen molar-refractivity contribution in [2.24, 2.45) is 0 Å². The Morgan fingerprint density at radius 3 is 2.12 bits per heavy atom. The average molecular weight is 348 g/mol. The van der Waals surface area contributed by atoms with Crippen LogP contribution in [0.25, 0.3) is 0 Å². The number of amides is 1. The summed E-state index contributed by atoms with van der Waals surface area (Å²) in [7, 11) is 0. The zero-order valence-electron chi connectivity index (χ0n) is 15.7. The SMILES string of the molecule is O=C(CCc1cc2ccc1CCc1ccc(cc1)CC2)N1CCCCC1. The molecule has 1 saturated heterocycles. The Labute approximate surface area is 157 Å². The number of likely N-dealkylation sites (tertiary alicyclic amines) is 1. The number of aryl methyl sites for hydroxylation is 5. The van der Waals surface area contributed by atoms with Gasteiger partial charge in [-0.2, -0.15) is 0 Å². The monoisotopic (exact) mass is 347 g/mol. The Morgan fingerprint density at radius 2 is 1.38 bits per heavy atom. The zero-order valence-corrected chi connectivity index (χ0v) is 15.7. The van der Waals surface area contributed by atoms with Gasteiger partial charge in [-0.05, 0) is 79.2 Å². The van der Waals surface area contributed by atoms with Crippen LogP contribution in [0.15, 0.2) is 42.5 Å². The predicted molar refractivity (Wildman–Crippen MR) is 106 cm³/mol. The first-order valence-corrected chi connectivity index (χ1v) is 10.2. The third-order valence-electron chi connectivity index (χ3n) is 6.00. The number of hydrogen-bond acceptors (Lipinski definition) is 1. The van der Waals surface area contributed by atoms with E-state index in [-0.39, 0.29) is 0 Å². The number of rotatable bonds is 3. The Bertz CT molecular complexity index is 756. The van der Waals surface area contributed by atoms with E-state index in [4.69, 9.17) is 0 Å². The van der Waals surface area contributed by atoms with Crippen LogP contribution in [-0.2, 0) is 36.9 Å². The van der Waals surface area contributed by atoms with Crippen molar-refractivity contribution >= 4 is 5.91 Å². The predicted octanol–water partition coefficient (Wildman–Crippen LogP) is 4.52. The van der Waals surface area contributed by atoms with Crippen LogP contribution in [-0.4, -0.2) is 23.9 Å². The van der Waals surface area contributed by atoms with Crippen LogP contribution in [0.2, 0.25) is 0 Å². The molecule has 1 aliphatic heterocycles. The van der Waals surface area contributed by atoms with E-state index in [2.05, 4.69) is 47.4 Å². The molecule has 0 atom stereocenters. The average Bonchev–Trinajstić information content (AvgIpc) is 2.69. The van der Waals surface area contributed by atoms with Crippen molar-refractivity contribution in [1.29, 1.82) is 0 Å². The summed E-state index contributed by atoms with van der Waals surface area (Å²) in [6.07, 6.45) is 9.46. The Kier molecular flexibility index (Phi) is 5.38. The molecule has 2 aromatic carbocycles. The Morgan fingerprint density at radius 1 is 0.769 bits per heavy atom. The Hall–Kier alpha value is -2.09. The lowest BCUT2D eigenvalue weighted by Gasteiger charge is -2.27. The molecule has 2 aromatic rings. The van der Waals surface area contributed by atoms with Crippen LogP contribution in [0.1, 0.15) is 53.5 Å². The van der Waals surface area contributed by atoms with Crippen LogP contribution < -0.4 is 0 Å². The molecule has 26 heavy (non-hydrogen) atoms. The summed E-state index contributed by atoms with van der Waals surface area (Å²) in [6.45, 7) is 1.92. The molecule has 1 fully saturated rings. The van der Waals surface area contributed by atoms with E-state index in [0.717, 1.165) is 45.2 Å². The lowest BCUT2D eigenvalue weighted by molar-refractivity contribution is -0.132. The minimum Gasteiger partial charge on any atom is -0.343 e. The van der Waals surface area contributed by atoms with Crippen molar-refractivity contribution in [3.63, 3.8) is 0 Å². The molecule has 5 aliphatic rings. The molecule has 0 N–H and O–H groups in total. The van der Waals surface area contributed by atoms with Gasteiger partial charge < -0.3 is 4.90 Å². The van der Waals surface area contributed by atoms with Gasteiger partial charge >= 0.3 is 0 Å². The van der Waals surface area contributed by atoms with Gasteiger partial charge in [-0.15, -0.1) is 0 Å². The molecule has 4 bridgehead atoms. The van der Waals surface area contributed by atoms with Gasteiger partial charge in [0.1, 0.15) is 0 Å². The number of carbonyl (C=O) groups excluding carboxylic acids is 1. The summed E-state index contributed by atoms with van der Waals surface area (Å²) >= 11 is 0. The molecular weight excluding hydrogens is 318 g/mol. The molecule has 2 nitrogen and oxygen atoms in total. The topological polar surface area (TPSA) is 20.3 Å². The van der Waals surface area contributed by atoms with E-state index in [1.54, 1.807) is 0 Å². The fraction of sp³-hybridized carbons (Fsp3) is 0.458. The number of benzene rings is 2. The highest BCUT2D eigenvalue weighted by atomic mass is 16.2. The molecule has 7 rings (SSSR count). The van der Waals surface area contributed by atoms with Crippen LogP contribution in [0, 0.1) is 0 Å². The second-order valence-corrected chi connectivity index (χ2v) is 7.86. The van der Waals surface area contributed by atoms with Crippen LogP contribution in [0.5, 0.6) is 0 Å². The number of hydrogen-bond donors (Lipinski definition) is 0. The number of carbonyl (C=O) groups is 1. The maximum atomic E-state index is 12.6. The van der Waals surface area contributed by atoms with Crippen LogP contribution in [0.4, 0.5) is 0 Å². The van der Waals surface area contributed by atoms with E-state index in [0.29, 0.717) is 12.3 Å². The van der Waals surface area contributed by atoms with E-state index in [1.807, 2.05) is 0 Å². The van der Waals surface area contributed by atoms with Crippen LogP contribution in [0.3, 0.4) is 0 Å². The second kappa shape index (κ2) is 8.07. The maximum Gasteiger partial charge on any atom is 0.222 e. The summed E-state index contributed by atoms with van der Waals surface area (Å²) in [6, 6.07) is 16.1. The number of nitrogens with zero attached hydrogens (tertiary/aromatic N) is 1. The standard InChI is InChI=1S/C24H29NO/c26-24(25-16-2-1-3-17-25)15-14-23-18-21-9-8-19-4-6-20(7-5-19)10-12-22(23)13-11-21/h4-7,11,13,18H,1-3,8-10,12,14-17H2. The van der Waals surface area contributed by atoms with E-state index >= 15 is 0 Å². The van der Waals surface area contributed by atoms with Crippen molar-refractivity contribution in [3.8, 4) is 0 Å². The molecule has 0 saturated carbocycles. The lowest BCUT2D eigenvalue weighted by Crippen LogP contribution is -2.35. The van der Waals surface area contributed by atoms with Crippen molar-refractivity contribution in [2.75, 3.05) is 13.1 Å². The lowest BCUT2D eigenvalue weighted by atomic mass is 9.91. The second-order valence-electron chi connectivity index (χ2n) is 7.86. The minimum absolute atomic E-state index is 0.344. The van der Waals surface area contributed by atoms with Gasteiger partial charge in [-0.25, -0.2) is 0 Å². The molecule has 2 heteroatoms. The third-order valence-corrected chi connectivity index (χ3v) is 6.00. The number of piperidine rings is 1. The molecule has 0 aromatic heterocycles. The molecule has 0 unspecified atom stereocenters. The third kappa shape index (κ3) is 4.17. The quantitative estimate of drug-likeness (QED) is 0.800. The first-order valence-electron chi connectivity index (χ1n) is 10.2. The molecule has 1 heterocycles. The summed E-state index contributed by atoms with van der Waals surface area (Å²) in [5.41, 5.74) is 7.04. The Balaban J connectivity index is 1.48. The van der Waals surface area contributed by atoms with Gasteiger partial charge in [0.05, 0.1) is 0 Å². The van der Waals surface area contributed by atoms with Crippen molar-refractivity contribution < 1.29 is 4.79 Å². The highest BCUT2D eigenvalue weighted by molar-refractivity contribution is 5.76. The first kappa shape index (κ1) is 17.3. The normalized spacial score (nSPS) is 17.0. The maximum absolute atomic E-state index is 12.6. The van der Waals surface area contributed by atoms with Crippen LogP contribution >= 0.6 is 0 Å². The van der Waals surface area contributed by atoms with Gasteiger partial charge in [-0.1, -0.05) is 42.5 Å². The fourth-order valence-corrected chi connectivity index (χ4v) is 4.29. The van der Waals surface area contributed by atoms with E-state index in [9.17, 15) is 4.79 Å². The molecular formula is C24H29NO. The zero-order chi connectivity index (χ0) is 17.8. The smallest absolute Gasteiger partial charge is 0.222 e. The summed E-state index contributed by atoms with van der Waals surface area (Å²) in [4.78, 5) is 14.6. The highest BCUT2D eigenvalue weighted by Gasteiger charge is 2.17. The summed E-state index contributed by atoms with van der Waals surface area (Å²) in [5.74, 6) is 0.344. The minimum atomic E-state index is 0.344. The summed E-state index contributed by atoms with van der Waals surface area (Å²) < 4.78 is 0. The largest absolute Gasteiger partial charge is 0.343 e. The van der Waals surface area contributed by atoms with E-state index in [1.165, 1.54) is 47.1 Å². The molecule has 4 aliphatic carbocycles. The molecule has 136 valence electrons. The van der Waals surface area contributed by atoms with Crippen molar-refractivity contribution in [3.05, 3.63) is 70.3 Å². The highest BCUT2D eigenvalue weighted by Crippen LogP contribution is 2.21. The molecule has 0 radical (unpaired) electrons. The summed E-state index contributed by atoms with van der Waals surface area (Å²) in [5, 5.41) is 0. The fourth-order valence-electron chi connectivity index (χ4n) is 4.29. The van der Waals surface area contributed by atoms with Crippen molar-refractivity contribution in [2.45, 2.75) is 57.8 Å². The first-order chi connectivity index (χ1) is 12.8. The van der Waals surface area contributed by atoms with Gasteiger partial charge in [0.25, 0.3) is 0 Å². The molecule has 0 spiro atoms. The van der Waals surface area contributed by atoms with Gasteiger partial charge in [0, 0.05) is 19.5 Å². The van der Waals surface area contributed by atoms with Gasteiger partial charge in [0.15, 0.2) is 0 Å². The molecule has 1 amide bonds. The van der Waals surface area contributed by atoms with Crippen molar-refractivity contribution in [1.82, 2.24) is 4.90 Å². The van der Waals surface area contributed by atoms with E-state index < -0.39 is 0 Å².